The first kappa shape index (κ1) is 11.1. The third kappa shape index (κ3) is 2.48. The number of anilines is 1. The second-order valence-electron chi connectivity index (χ2n) is 4.34. The molecule has 14 heavy (non-hydrogen) atoms. The van der Waals surface area contributed by atoms with Crippen molar-refractivity contribution in [2.45, 2.75) is 39.5 Å². The first-order chi connectivity index (χ1) is 6.54. The average Bonchev–Trinajstić information content (AvgIpc) is 2.16. The Kier molecular flexibility index (Phi) is 3.53. The van der Waals surface area contributed by atoms with E-state index in [0.717, 1.165) is 5.69 Å². The normalized spacial score (nSPS) is 11.1. The predicted octanol–water partition coefficient (Wildman–Crippen LogP) is 3.22. The molecule has 3 N–H and O–H groups in total. The Balaban J connectivity index is 3.13. The van der Waals surface area contributed by atoms with Crippen LogP contribution < -0.4 is 11.3 Å². The van der Waals surface area contributed by atoms with E-state index in [2.05, 4.69) is 51.3 Å². The monoisotopic (exact) mass is 192 g/mol. The second kappa shape index (κ2) is 4.47. The lowest BCUT2D eigenvalue weighted by molar-refractivity contribution is 0.834. The van der Waals surface area contributed by atoms with Crippen molar-refractivity contribution in [3.8, 4) is 0 Å². The van der Waals surface area contributed by atoms with Crippen molar-refractivity contribution in [2.24, 2.45) is 5.84 Å². The zero-order valence-corrected chi connectivity index (χ0v) is 9.46. The van der Waals surface area contributed by atoms with Crippen molar-refractivity contribution < 1.29 is 0 Å². The first-order valence-corrected chi connectivity index (χ1v) is 5.16. The Morgan fingerprint density at radius 2 is 1.36 bits per heavy atom. The topological polar surface area (TPSA) is 38.0 Å². The fourth-order valence-corrected chi connectivity index (χ4v) is 1.43. The van der Waals surface area contributed by atoms with Crippen LogP contribution in [0, 0.1) is 0 Å². The van der Waals surface area contributed by atoms with Gasteiger partial charge in [0.05, 0.1) is 0 Å². The molecule has 0 bridgehead atoms. The number of hydrogen-bond acceptors (Lipinski definition) is 2. The number of nitrogen functional groups attached to an aromatic ring is 1. The Morgan fingerprint density at radius 1 is 0.929 bits per heavy atom. The number of hydrazine groups is 1. The van der Waals surface area contributed by atoms with E-state index in [4.69, 9.17) is 5.84 Å². The van der Waals surface area contributed by atoms with Gasteiger partial charge >= 0.3 is 0 Å². The molecule has 0 atom stereocenters. The summed E-state index contributed by atoms with van der Waals surface area (Å²) in [6.45, 7) is 8.78. The lowest BCUT2D eigenvalue weighted by atomic mass is 9.95. The van der Waals surface area contributed by atoms with Crippen molar-refractivity contribution in [3.05, 3.63) is 29.3 Å². The maximum Gasteiger partial charge on any atom is 0.0490 e. The summed E-state index contributed by atoms with van der Waals surface area (Å²) >= 11 is 0. The summed E-state index contributed by atoms with van der Waals surface area (Å²) in [6.07, 6.45) is 0. The van der Waals surface area contributed by atoms with Gasteiger partial charge in [-0.25, -0.2) is 0 Å². The lowest BCUT2D eigenvalue weighted by Crippen LogP contribution is -2.08. The highest BCUT2D eigenvalue weighted by molar-refractivity contribution is 5.49. The quantitative estimate of drug-likeness (QED) is 0.570. The number of rotatable bonds is 3. The van der Waals surface area contributed by atoms with E-state index in [0.29, 0.717) is 11.8 Å². The van der Waals surface area contributed by atoms with Gasteiger partial charge in [0.1, 0.15) is 0 Å². The molecule has 0 saturated carbocycles. The van der Waals surface area contributed by atoms with Crippen LogP contribution in [0.4, 0.5) is 5.69 Å². The van der Waals surface area contributed by atoms with Crippen LogP contribution in [0.1, 0.15) is 50.7 Å². The van der Waals surface area contributed by atoms with Gasteiger partial charge in [0.25, 0.3) is 0 Å². The SMILES string of the molecule is CC(C)c1cc(NN)cc(C(C)C)c1. The largest absolute Gasteiger partial charge is 0.324 e. The van der Waals surface area contributed by atoms with Gasteiger partial charge < -0.3 is 5.43 Å². The van der Waals surface area contributed by atoms with Gasteiger partial charge in [-0.05, 0) is 35.1 Å². The van der Waals surface area contributed by atoms with Crippen LogP contribution in [-0.4, -0.2) is 0 Å². The smallest absolute Gasteiger partial charge is 0.0490 e. The highest BCUT2D eigenvalue weighted by atomic mass is 15.2. The van der Waals surface area contributed by atoms with E-state index in [1.54, 1.807) is 0 Å². The second-order valence-corrected chi connectivity index (χ2v) is 4.34. The highest BCUT2D eigenvalue weighted by Gasteiger charge is 2.06. The summed E-state index contributed by atoms with van der Waals surface area (Å²) in [5.41, 5.74) is 6.39. The van der Waals surface area contributed by atoms with Crippen LogP contribution in [0.15, 0.2) is 18.2 Å². The molecule has 0 aromatic heterocycles. The molecule has 1 rings (SSSR count). The molecular formula is C12H20N2. The Bertz CT molecular complexity index is 277. The molecule has 2 heteroatoms. The Morgan fingerprint density at radius 3 is 1.64 bits per heavy atom. The lowest BCUT2D eigenvalue weighted by Gasteiger charge is -2.13. The third-order valence-corrected chi connectivity index (χ3v) is 2.48. The van der Waals surface area contributed by atoms with Gasteiger partial charge in [0, 0.05) is 5.69 Å². The molecule has 78 valence electrons. The molecule has 0 heterocycles. The van der Waals surface area contributed by atoms with Crippen molar-refractivity contribution >= 4 is 5.69 Å². The molecule has 0 radical (unpaired) electrons. The zero-order valence-electron chi connectivity index (χ0n) is 9.46. The minimum Gasteiger partial charge on any atom is -0.324 e. The fraction of sp³-hybridized carbons (Fsp3) is 0.500. The Hall–Kier alpha value is -1.02. The molecule has 0 unspecified atom stereocenters. The molecule has 1 aromatic rings. The predicted molar refractivity (Wildman–Crippen MR) is 62.4 cm³/mol. The van der Waals surface area contributed by atoms with Crippen LogP contribution in [0.25, 0.3) is 0 Å². The zero-order chi connectivity index (χ0) is 10.7. The summed E-state index contributed by atoms with van der Waals surface area (Å²) < 4.78 is 0. The Labute approximate surface area is 86.5 Å². The number of nitrogens with one attached hydrogen (secondary N) is 1. The molecule has 2 nitrogen and oxygen atoms in total. The molecule has 0 spiro atoms. The number of benzene rings is 1. The summed E-state index contributed by atoms with van der Waals surface area (Å²) in [7, 11) is 0. The van der Waals surface area contributed by atoms with E-state index in [1.165, 1.54) is 11.1 Å². The van der Waals surface area contributed by atoms with Gasteiger partial charge in [0.15, 0.2) is 0 Å². The number of hydrogen-bond donors (Lipinski definition) is 2. The summed E-state index contributed by atoms with van der Waals surface area (Å²) in [5.74, 6) is 6.52. The third-order valence-electron chi connectivity index (χ3n) is 2.48. The highest BCUT2D eigenvalue weighted by Crippen LogP contribution is 2.25. The van der Waals surface area contributed by atoms with Gasteiger partial charge in [-0.2, -0.15) is 0 Å². The standard InChI is InChI=1S/C12H20N2/c1-8(2)10-5-11(9(3)4)7-12(6-10)14-13/h5-9,14H,13H2,1-4H3. The minimum absolute atomic E-state index is 0.542. The molecule has 0 aliphatic heterocycles. The van der Waals surface area contributed by atoms with Crippen molar-refractivity contribution in [1.29, 1.82) is 0 Å². The first-order valence-electron chi connectivity index (χ1n) is 5.16. The van der Waals surface area contributed by atoms with Crippen molar-refractivity contribution in [3.63, 3.8) is 0 Å². The van der Waals surface area contributed by atoms with Crippen LogP contribution in [0.2, 0.25) is 0 Å². The van der Waals surface area contributed by atoms with E-state index < -0.39 is 0 Å². The van der Waals surface area contributed by atoms with Crippen LogP contribution in [-0.2, 0) is 0 Å². The van der Waals surface area contributed by atoms with Gasteiger partial charge in [-0.3, -0.25) is 5.84 Å². The molecule has 0 aliphatic carbocycles. The van der Waals surface area contributed by atoms with Gasteiger partial charge in [-0.15, -0.1) is 0 Å². The molecule has 0 amide bonds. The van der Waals surface area contributed by atoms with Crippen LogP contribution >= 0.6 is 0 Å². The molecule has 0 fully saturated rings. The van der Waals surface area contributed by atoms with E-state index >= 15 is 0 Å². The average molecular weight is 192 g/mol. The van der Waals surface area contributed by atoms with Crippen LogP contribution in [0.5, 0.6) is 0 Å². The van der Waals surface area contributed by atoms with E-state index in [9.17, 15) is 0 Å². The maximum atomic E-state index is 5.44. The summed E-state index contributed by atoms with van der Waals surface area (Å²) in [4.78, 5) is 0. The maximum absolute atomic E-state index is 5.44. The van der Waals surface area contributed by atoms with Crippen molar-refractivity contribution in [1.82, 2.24) is 0 Å². The van der Waals surface area contributed by atoms with Gasteiger partial charge in [-0.1, -0.05) is 33.8 Å². The van der Waals surface area contributed by atoms with Gasteiger partial charge in [0.2, 0.25) is 0 Å². The fourth-order valence-electron chi connectivity index (χ4n) is 1.43. The van der Waals surface area contributed by atoms with Crippen molar-refractivity contribution in [2.75, 3.05) is 5.43 Å². The molecule has 0 aliphatic rings. The summed E-state index contributed by atoms with van der Waals surface area (Å²) in [6, 6.07) is 6.48. The van der Waals surface area contributed by atoms with E-state index in [1.807, 2.05) is 0 Å². The van der Waals surface area contributed by atoms with Crippen LogP contribution in [0.3, 0.4) is 0 Å². The minimum atomic E-state index is 0.542. The molecule has 0 saturated heterocycles. The van der Waals surface area contributed by atoms with E-state index in [-0.39, 0.29) is 0 Å². The summed E-state index contributed by atoms with van der Waals surface area (Å²) in [5, 5.41) is 0. The molecular weight excluding hydrogens is 172 g/mol. The number of nitrogens with two attached hydrogens (primary N) is 1. The molecule has 1 aromatic carbocycles.